The van der Waals surface area contributed by atoms with Crippen LogP contribution in [-0.2, 0) is 16.5 Å². The molecule has 0 unspecified atom stereocenters. The van der Waals surface area contributed by atoms with Crippen molar-refractivity contribution in [1.82, 2.24) is 0 Å². The lowest BCUT2D eigenvalue weighted by Gasteiger charge is -2.21. The summed E-state index contributed by atoms with van der Waals surface area (Å²) in [5.41, 5.74) is 1.21. The normalized spacial score (nSPS) is 11.8. The maximum atomic E-state index is 11.0. The summed E-state index contributed by atoms with van der Waals surface area (Å²) in [5, 5.41) is 0. The van der Waals surface area contributed by atoms with Crippen LogP contribution in [0.15, 0.2) is 94.7 Å². The van der Waals surface area contributed by atoms with Crippen LogP contribution in [-0.4, -0.2) is 9.79 Å². The van der Waals surface area contributed by atoms with Crippen LogP contribution >= 0.6 is 6.72 Å². The zero-order valence-electron chi connectivity index (χ0n) is 15.5. The number of rotatable bonds is 6. The van der Waals surface area contributed by atoms with Gasteiger partial charge in [-0.25, -0.2) is 0 Å². The summed E-state index contributed by atoms with van der Waals surface area (Å²) in [6.07, 6.45) is 0.983. The van der Waals surface area contributed by atoms with Gasteiger partial charge in [-0.05, 0) is 64.4 Å². The zero-order chi connectivity index (χ0) is 19.3. The van der Waals surface area contributed by atoms with E-state index in [1.54, 1.807) is 0 Å². The first-order valence-electron chi connectivity index (χ1n) is 8.94. The van der Waals surface area contributed by atoms with Gasteiger partial charge in [0.15, 0.2) is 0 Å². The van der Waals surface area contributed by atoms with E-state index < -0.39 is 16.8 Å². The van der Waals surface area contributed by atoms with Crippen LogP contribution in [0.4, 0.5) is 0 Å². The molecule has 3 aromatic carbocycles. The monoisotopic (exact) mass is 400 g/mol. The second-order valence-corrected chi connectivity index (χ2v) is 11.9. The molecule has 0 saturated carbocycles. The quantitative estimate of drug-likeness (QED) is 0.525. The van der Waals surface area contributed by atoms with Gasteiger partial charge in [-0.15, -0.1) is 0 Å². The predicted molar refractivity (Wildman–Crippen MR) is 114 cm³/mol. The summed E-state index contributed by atoms with van der Waals surface area (Å²) in [6, 6.07) is 26.7. The Morgan fingerprint density at radius 1 is 0.778 bits per heavy atom. The minimum atomic E-state index is -3.73. The van der Waals surface area contributed by atoms with Crippen molar-refractivity contribution in [3.8, 4) is 5.75 Å². The van der Waals surface area contributed by atoms with Crippen LogP contribution in [0.3, 0.4) is 0 Å². The summed E-state index contributed by atoms with van der Waals surface area (Å²) in [5.74, 6) is 1.05. The molecule has 0 aliphatic heterocycles. The second-order valence-electron chi connectivity index (χ2n) is 6.73. The third kappa shape index (κ3) is 5.33. The number of benzene rings is 3. The molecule has 0 aromatic heterocycles. The van der Waals surface area contributed by atoms with Gasteiger partial charge in [-0.2, -0.15) is 0 Å². The summed E-state index contributed by atoms with van der Waals surface area (Å²) in [6.45, 7) is 0.616. The summed E-state index contributed by atoms with van der Waals surface area (Å²) in [7, 11) is -0.977. The molecule has 0 saturated heterocycles. The van der Waals surface area contributed by atoms with E-state index in [0.29, 0.717) is 11.7 Å². The Balaban J connectivity index is 2.02. The third-order valence-electron chi connectivity index (χ3n) is 3.96. The molecule has 0 radical (unpaired) electrons. The molecular formula is C22H25O3PS. The highest BCUT2D eigenvalue weighted by molar-refractivity contribution is 8.27. The Labute approximate surface area is 163 Å². The van der Waals surface area contributed by atoms with Crippen molar-refractivity contribution in [1.29, 1.82) is 0 Å². The molecule has 0 aliphatic rings. The van der Waals surface area contributed by atoms with Crippen molar-refractivity contribution >= 4 is 16.8 Å². The van der Waals surface area contributed by atoms with Crippen LogP contribution < -0.4 is 4.52 Å². The van der Waals surface area contributed by atoms with Crippen molar-refractivity contribution in [2.75, 3.05) is 0 Å². The molecule has 5 heteroatoms. The lowest BCUT2D eigenvalue weighted by molar-refractivity contribution is 0.369. The fourth-order valence-corrected chi connectivity index (χ4v) is 7.82. The van der Waals surface area contributed by atoms with E-state index in [1.807, 2.05) is 84.9 Å². The largest absolute Gasteiger partial charge is 0.428 e. The van der Waals surface area contributed by atoms with Crippen LogP contribution in [0.2, 0.25) is 0 Å². The molecule has 0 aliphatic carbocycles. The molecule has 2 N–H and O–H groups in total. The fraction of sp³-hybridized carbons (Fsp3) is 0.182. The van der Waals surface area contributed by atoms with E-state index in [4.69, 9.17) is 4.52 Å². The molecule has 0 amide bonds. The first-order valence-corrected chi connectivity index (χ1v) is 12.4. The molecule has 0 spiro atoms. The van der Waals surface area contributed by atoms with Gasteiger partial charge in [-0.3, -0.25) is 0 Å². The van der Waals surface area contributed by atoms with Crippen LogP contribution in [0, 0.1) is 5.92 Å². The van der Waals surface area contributed by atoms with Crippen LogP contribution in [0.5, 0.6) is 5.75 Å². The molecule has 3 nitrogen and oxygen atoms in total. The van der Waals surface area contributed by atoms with E-state index in [2.05, 4.69) is 13.8 Å². The van der Waals surface area contributed by atoms with Crippen molar-refractivity contribution < 1.29 is 14.3 Å². The van der Waals surface area contributed by atoms with Crippen molar-refractivity contribution in [3.05, 3.63) is 90.5 Å². The van der Waals surface area contributed by atoms with Gasteiger partial charge in [0, 0.05) is 9.79 Å². The SMILES string of the molecule is CC(C)Cc1ccc(OP(O)(O)=S(c2ccccc2)c2ccccc2)cc1. The Morgan fingerprint density at radius 3 is 1.70 bits per heavy atom. The number of hydrogen-bond acceptors (Lipinski definition) is 1. The highest BCUT2D eigenvalue weighted by Crippen LogP contribution is 2.48. The van der Waals surface area contributed by atoms with Gasteiger partial charge < -0.3 is 14.3 Å². The van der Waals surface area contributed by atoms with Gasteiger partial charge in [0.05, 0.1) is 0 Å². The standard InChI is InChI=1S/C22H25O3PS/c1-18(2)17-19-13-15-20(16-14-19)25-26(23,24)27(21-9-5-3-6-10-21)22-11-7-4-8-12-22/h3-16,18,23-24H,17H2,1-2H3. The Hall–Kier alpha value is -1.84. The lowest BCUT2D eigenvalue weighted by atomic mass is 10.0. The minimum Gasteiger partial charge on any atom is -0.428 e. The van der Waals surface area contributed by atoms with E-state index in [0.717, 1.165) is 16.2 Å². The highest BCUT2D eigenvalue weighted by atomic mass is 32.5. The molecule has 0 fully saturated rings. The Morgan fingerprint density at radius 2 is 1.26 bits per heavy atom. The van der Waals surface area contributed by atoms with Gasteiger partial charge in [0.25, 0.3) is 0 Å². The van der Waals surface area contributed by atoms with Crippen molar-refractivity contribution in [2.24, 2.45) is 5.92 Å². The predicted octanol–water partition coefficient (Wildman–Crippen LogP) is 5.66. The van der Waals surface area contributed by atoms with Crippen LogP contribution in [0.25, 0.3) is 0 Å². The molecular weight excluding hydrogens is 375 g/mol. The third-order valence-corrected chi connectivity index (χ3v) is 9.24. The first-order chi connectivity index (χ1) is 13.0. The Kier molecular flexibility index (Phi) is 6.56. The fourth-order valence-electron chi connectivity index (χ4n) is 2.84. The van der Waals surface area contributed by atoms with Gasteiger partial charge in [0.2, 0.25) is 0 Å². The second kappa shape index (κ2) is 8.90. The molecule has 27 heavy (non-hydrogen) atoms. The van der Waals surface area contributed by atoms with E-state index >= 15 is 0 Å². The number of hydrogen-bond donors (Lipinski definition) is 2. The smallest absolute Gasteiger partial charge is 0.341 e. The van der Waals surface area contributed by atoms with Gasteiger partial charge in [0.1, 0.15) is 5.75 Å². The molecule has 142 valence electrons. The van der Waals surface area contributed by atoms with Crippen molar-refractivity contribution in [2.45, 2.75) is 30.1 Å². The summed E-state index contributed by atoms with van der Waals surface area (Å²) in [4.78, 5) is 23.7. The first kappa shape index (κ1) is 19.9. The van der Waals surface area contributed by atoms with E-state index in [1.165, 1.54) is 5.56 Å². The molecule has 3 aromatic rings. The maximum Gasteiger partial charge on any atom is 0.341 e. The zero-order valence-corrected chi connectivity index (χ0v) is 17.2. The summed E-state index contributed by atoms with van der Waals surface area (Å²) >= 11 is 0. The van der Waals surface area contributed by atoms with Gasteiger partial charge >= 0.3 is 6.72 Å². The van der Waals surface area contributed by atoms with E-state index in [9.17, 15) is 9.79 Å². The maximum absolute atomic E-state index is 11.0. The molecule has 0 bridgehead atoms. The molecule has 0 atom stereocenters. The molecule has 3 rings (SSSR count). The lowest BCUT2D eigenvalue weighted by Crippen LogP contribution is -2.03. The van der Waals surface area contributed by atoms with E-state index in [-0.39, 0.29) is 0 Å². The average molecular weight is 400 g/mol. The topological polar surface area (TPSA) is 49.7 Å². The average Bonchev–Trinajstić information content (AvgIpc) is 2.64. The van der Waals surface area contributed by atoms with Crippen LogP contribution in [0.1, 0.15) is 19.4 Å². The molecule has 0 heterocycles. The Bertz CT molecular complexity index is 875. The summed E-state index contributed by atoms with van der Waals surface area (Å²) < 4.78 is 5.77. The van der Waals surface area contributed by atoms with Crippen molar-refractivity contribution in [3.63, 3.8) is 0 Å². The highest BCUT2D eigenvalue weighted by Gasteiger charge is 2.22. The minimum absolute atomic E-state index is 0.477. The van der Waals surface area contributed by atoms with Gasteiger partial charge in [-0.1, -0.05) is 62.4 Å².